The van der Waals surface area contributed by atoms with Crippen molar-refractivity contribution in [1.29, 1.82) is 0 Å². The number of rotatable bonds is 4. The van der Waals surface area contributed by atoms with E-state index in [-0.39, 0.29) is 11.9 Å². The Morgan fingerprint density at radius 3 is 2.05 bits per heavy atom. The van der Waals surface area contributed by atoms with Crippen LogP contribution in [0.5, 0.6) is 11.5 Å². The number of carbonyl (C=O) groups is 2. The highest BCUT2D eigenvalue weighted by molar-refractivity contribution is 5.75. The van der Waals surface area contributed by atoms with Gasteiger partial charge < -0.3 is 9.47 Å². The number of benzene rings is 2. The van der Waals surface area contributed by atoms with Gasteiger partial charge in [-0.25, -0.2) is 0 Å². The predicted octanol–water partition coefficient (Wildman–Crippen LogP) is 3.85. The van der Waals surface area contributed by atoms with Gasteiger partial charge in [0.15, 0.2) is 0 Å². The van der Waals surface area contributed by atoms with E-state index in [0.29, 0.717) is 11.5 Å². The van der Waals surface area contributed by atoms with Crippen LogP contribution in [0, 0.1) is 0 Å². The van der Waals surface area contributed by atoms with E-state index in [4.69, 9.17) is 9.47 Å². The molecule has 22 heavy (non-hydrogen) atoms. The molecule has 2 aromatic rings. The minimum absolute atomic E-state index is 0.354. The summed E-state index contributed by atoms with van der Waals surface area (Å²) < 4.78 is 10.1. The van der Waals surface area contributed by atoms with Crippen LogP contribution in [0.1, 0.15) is 19.4 Å². The summed E-state index contributed by atoms with van der Waals surface area (Å²) in [5, 5.41) is 0. The number of hydrogen-bond acceptors (Lipinski definition) is 4. The zero-order chi connectivity index (χ0) is 16.1. The van der Waals surface area contributed by atoms with Crippen molar-refractivity contribution in [3.63, 3.8) is 0 Å². The molecule has 0 aliphatic heterocycles. The Balaban J connectivity index is 2.30. The van der Waals surface area contributed by atoms with Gasteiger partial charge in [-0.05, 0) is 35.4 Å². The molecule has 0 bridgehead atoms. The molecule has 0 fully saturated rings. The molecule has 0 N–H and O–H groups in total. The molecule has 0 radical (unpaired) electrons. The molecule has 0 saturated heterocycles. The Hall–Kier alpha value is -2.88. The maximum Gasteiger partial charge on any atom is 0.308 e. The lowest BCUT2D eigenvalue weighted by atomic mass is 10.0. The van der Waals surface area contributed by atoms with Gasteiger partial charge in [0.25, 0.3) is 0 Å². The Kier molecular flexibility index (Phi) is 4.73. The van der Waals surface area contributed by atoms with Crippen LogP contribution in [0.2, 0.25) is 0 Å². The molecule has 0 unspecified atom stereocenters. The zero-order valence-corrected chi connectivity index (χ0v) is 12.5. The highest BCUT2D eigenvalue weighted by atomic mass is 16.5. The van der Waals surface area contributed by atoms with Crippen molar-refractivity contribution in [1.82, 2.24) is 0 Å². The van der Waals surface area contributed by atoms with Crippen LogP contribution in [-0.2, 0) is 9.59 Å². The molecule has 0 saturated carbocycles. The van der Waals surface area contributed by atoms with Crippen molar-refractivity contribution in [2.75, 3.05) is 0 Å². The van der Waals surface area contributed by atoms with Crippen molar-refractivity contribution >= 4 is 18.0 Å². The molecule has 4 heteroatoms. The first-order valence-electron chi connectivity index (χ1n) is 6.73. The Labute approximate surface area is 129 Å². The molecule has 0 spiro atoms. The normalized spacial score (nSPS) is 9.91. The maximum absolute atomic E-state index is 11.1. The van der Waals surface area contributed by atoms with Gasteiger partial charge in [0.05, 0.1) is 0 Å². The second-order valence-electron chi connectivity index (χ2n) is 4.67. The van der Waals surface area contributed by atoms with Gasteiger partial charge in [-0.2, -0.15) is 0 Å². The van der Waals surface area contributed by atoms with E-state index in [1.54, 1.807) is 24.3 Å². The van der Waals surface area contributed by atoms with Gasteiger partial charge in [0.2, 0.25) is 0 Å². The number of hydrogen-bond donors (Lipinski definition) is 0. The molecule has 0 aliphatic rings. The largest absolute Gasteiger partial charge is 0.427 e. The number of ether oxygens (including phenoxy) is 2. The van der Waals surface area contributed by atoms with Crippen LogP contribution in [0.15, 0.2) is 49.0 Å². The highest BCUT2D eigenvalue weighted by Crippen LogP contribution is 2.28. The van der Waals surface area contributed by atoms with Gasteiger partial charge in [-0.3, -0.25) is 9.59 Å². The lowest BCUT2D eigenvalue weighted by Crippen LogP contribution is -2.02. The van der Waals surface area contributed by atoms with Gasteiger partial charge in [-0.1, -0.05) is 30.9 Å². The monoisotopic (exact) mass is 296 g/mol. The minimum Gasteiger partial charge on any atom is -0.427 e. The van der Waals surface area contributed by atoms with Crippen molar-refractivity contribution in [3.05, 3.63) is 54.6 Å². The fourth-order valence-corrected chi connectivity index (χ4v) is 2.02. The first kappa shape index (κ1) is 15.5. The van der Waals surface area contributed by atoms with Crippen molar-refractivity contribution in [3.8, 4) is 22.6 Å². The van der Waals surface area contributed by atoms with Crippen molar-refractivity contribution in [2.24, 2.45) is 0 Å². The van der Waals surface area contributed by atoms with Crippen LogP contribution in [-0.4, -0.2) is 11.9 Å². The molecule has 0 amide bonds. The average Bonchev–Trinajstić information content (AvgIpc) is 2.47. The lowest BCUT2D eigenvalue weighted by molar-refractivity contribution is -0.132. The maximum atomic E-state index is 11.1. The van der Waals surface area contributed by atoms with E-state index >= 15 is 0 Å². The molecule has 2 rings (SSSR count). The molecular formula is C18H16O4. The standard InChI is InChI=1S/C18H16O4/c1-4-14-11-16(7-10-18(14)22-13(3)20)15-5-8-17(9-6-15)21-12(2)19/h4-11H,1H2,2-3H3. The third kappa shape index (κ3) is 3.82. The van der Waals surface area contributed by atoms with Crippen molar-refractivity contribution in [2.45, 2.75) is 13.8 Å². The SMILES string of the molecule is C=Cc1cc(-c2ccc(OC(C)=O)cc2)ccc1OC(C)=O. The zero-order valence-electron chi connectivity index (χ0n) is 12.5. The first-order chi connectivity index (χ1) is 10.5. The fraction of sp³-hybridized carbons (Fsp3) is 0.111. The molecule has 2 aromatic carbocycles. The topological polar surface area (TPSA) is 52.6 Å². The smallest absolute Gasteiger partial charge is 0.308 e. The van der Waals surface area contributed by atoms with Crippen LogP contribution in [0.3, 0.4) is 0 Å². The summed E-state index contributed by atoms with van der Waals surface area (Å²) >= 11 is 0. The fourth-order valence-electron chi connectivity index (χ4n) is 2.02. The van der Waals surface area contributed by atoms with Crippen LogP contribution >= 0.6 is 0 Å². The first-order valence-corrected chi connectivity index (χ1v) is 6.73. The Bertz CT molecular complexity index is 714. The molecule has 4 nitrogen and oxygen atoms in total. The van der Waals surface area contributed by atoms with Gasteiger partial charge >= 0.3 is 11.9 Å². The van der Waals surface area contributed by atoms with Crippen molar-refractivity contribution < 1.29 is 19.1 Å². The Morgan fingerprint density at radius 2 is 1.50 bits per heavy atom. The molecule has 112 valence electrons. The summed E-state index contributed by atoms with van der Waals surface area (Å²) in [7, 11) is 0. The third-order valence-electron chi connectivity index (χ3n) is 2.93. The van der Waals surface area contributed by atoms with Crippen LogP contribution in [0.4, 0.5) is 0 Å². The predicted molar refractivity (Wildman–Crippen MR) is 84.6 cm³/mol. The van der Waals surface area contributed by atoms with Gasteiger partial charge in [-0.15, -0.1) is 0 Å². The van der Waals surface area contributed by atoms with E-state index in [1.807, 2.05) is 24.3 Å². The lowest BCUT2D eigenvalue weighted by Gasteiger charge is -2.09. The van der Waals surface area contributed by atoms with Crippen LogP contribution < -0.4 is 9.47 Å². The van der Waals surface area contributed by atoms with E-state index in [0.717, 1.165) is 16.7 Å². The number of carbonyl (C=O) groups excluding carboxylic acids is 2. The molecule has 0 aliphatic carbocycles. The number of esters is 2. The van der Waals surface area contributed by atoms with E-state index < -0.39 is 0 Å². The average molecular weight is 296 g/mol. The van der Waals surface area contributed by atoms with Gasteiger partial charge in [0.1, 0.15) is 11.5 Å². The Morgan fingerprint density at radius 1 is 0.909 bits per heavy atom. The third-order valence-corrected chi connectivity index (χ3v) is 2.93. The summed E-state index contributed by atoms with van der Waals surface area (Å²) in [6.07, 6.45) is 1.63. The summed E-state index contributed by atoms with van der Waals surface area (Å²) in [6, 6.07) is 12.6. The van der Waals surface area contributed by atoms with E-state index in [2.05, 4.69) is 6.58 Å². The highest BCUT2D eigenvalue weighted by Gasteiger charge is 2.07. The van der Waals surface area contributed by atoms with Crippen LogP contribution in [0.25, 0.3) is 17.2 Å². The van der Waals surface area contributed by atoms with E-state index in [9.17, 15) is 9.59 Å². The summed E-state index contributed by atoms with van der Waals surface area (Å²) in [5.74, 6) is 0.244. The summed E-state index contributed by atoms with van der Waals surface area (Å²) in [6.45, 7) is 6.45. The quantitative estimate of drug-likeness (QED) is 0.635. The molecule has 0 aromatic heterocycles. The molecular weight excluding hydrogens is 280 g/mol. The second-order valence-corrected chi connectivity index (χ2v) is 4.67. The van der Waals surface area contributed by atoms with Gasteiger partial charge in [0, 0.05) is 19.4 Å². The second kappa shape index (κ2) is 6.72. The summed E-state index contributed by atoms with van der Waals surface area (Å²) in [4.78, 5) is 22.0. The minimum atomic E-state index is -0.374. The summed E-state index contributed by atoms with van der Waals surface area (Å²) in [5.41, 5.74) is 2.63. The van der Waals surface area contributed by atoms with E-state index in [1.165, 1.54) is 13.8 Å². The molecule has 0 atom stereocenters. The molecule has 0 heterocycles.